The molecule has 132 valence electrons. The minimum Gasteiger partial charge on any atom is -0.361 e. The molecule has 0 bridgehead atoms. The number of anilines is 1. The summed E-state index contributed by atoms with van der Waals surface area (Å²) in [6.07, 6.45) is 0. The van der Waals surface area contributed by atoms with Crippen LogP contribution in [0.1, 0.15) is 22.0 Å². The lowest BCUT2D eigenvalue weighted by atomic mass is 10.0. The van der Waals surface area contributed by atoms with Crippen molar-refractivity contribution in [3.8, 4) is 0 Å². The van der Waals surface area contributed by atoms with E-state index in [4.69, 9.17) is 23.2 Å². The molecule has 0 radical (unpaired) electrons. The maximum Gasteiger partial charge on any atom is 0.253 e. The molecule has 1 fully saturated rings. The van der Waals surface area contributed by atoms with E-state index in [-0.39, 0.29) is 11.9 Å². The molecule has 0 spiro atoms. The highest BCUT2D eigenvalue weighted by atomic mass is 35.5. The zero-order valence-electron chi connectivity index (χ0n) is 14.3. The number of benzene rings is 2. The summed E-state index contributed by atoms with van der Waals surface area (Å²) in [5, 5.41) is 4.75. The first-order valence-electron chi connectivity index (χ1n) is 8.21. The minimum atomic E-state index is -0.0528. The summed E-state index contributed by atoms with van der Waals surface area (Å²) in [7, 11) is 3.47. The predicted molar refractivity (Wildman–Crippen MR) is 104 cm³/mol. The molecule has 1 amide bonds. The quantitative estimate of drug-likeness (QED) is 0.882. The first-order valence-corrected chi connectivity index (χ1v) is 8.97. The summed E-state index contributed by atoms with van der Waals surface area (Å²) in [5.41, 5.74) is 2.72. The molecule has 2 aromatic rings. The van der Waals surface area contributed by atoms with Crippen LogP contribution in [0, 0.1) is 0 Å². The Hall–Kier alpha value is -1.75. The predicted octanol–water partition coefficient (Wildman–Crippen LogP) is 3.85. The summed E-state index contributed by atoms with van der Waals surface area (Å²) in [6, 6.07) is 13.6. The standard InChI is InChI=1S/C19H21Cl2N3O/c1-23(2)19(25)14-5-8-17(16(21)11-14)24-10-9-22-12-18(24)13-3-6-15(20)7-4-13/h3-8,11,18,22H,9-10,12H2,1-2H3/t18-/m0/s1. The van der Waals surface area contributed by atoms with Crippen LogP contribution >= 0.6 is 23.2 Å². The third kappa shape index (κ3) is 3.92. The van der Waals surface area contributed by atoms with Crippen LogP contribution in [0.2, 0.25) is 10.0 Å². The maximum atomic E-state index is 12.1. The van der Waals surface area contributed by atoms with Gasteiger partial charge in [0.2, 0.25) is 0 Å². The van der Waals surface area contributed by atoms with E-state index in [0.717, 1.165) is 30.3 Å². The molecule has 1 heterocycles. The zero-order valence-corrected chi connectivity index (χ0v) is 15.8. The first-order chi connectivity index (χ1) is 12.0. The molecular weight excluding hydrogens is 357 g/mol. The van der Waals surface area contributed by atoms with Gasteiger partial charge in [-0.15, -0.1) is 0 Å². The van der Waals surface area contributed by atoms with Crippen molar-refractivity contribution in [2.24, 2.45) is 0 Å². The van der Waals surface area contributed by atoms with Gasteiger partial charge in [-0.05, 0) is 35.9 Å². The Morgan fingerprint density at radius 1 is 1.16 bits per heavy atom. The lowest BCUT2D eigenvalue weighted by Crippen LogP contribution is -2.46. The van der Waals surface area contributed by atoms with Gasteiger partial charge in [-0.2, -0.15) is 0 Å². The zero-order chi connectivity index (χ0) is 18.0. The van der Waals surface area contributed by atoms with Gasteiger partial charge in [0.1, 0.15) is 0 Å². The van der Waals surface area contributed by atoms with Crippen LogP contribution in [-0.2, 0) is 0 Å². The van der Waals surface area contributed by atoms with Crippen molar-refractivity contribution in [3.63, 3.8) is 0 Å². The van der Waals surface area contributed by atoms with E-state index in [1.54, 1.807) is 25.1 Å². The fourth-order valence-corrected chi connectivity index (χ4v) is 3.52. The summed E-state index contributed by atoms with van der Waals surface area (Å²) in [6.45, 7) is 2.56. The van der Waals surface area contributed by atoms with Crippen LogP contribution in [0.15, 0.2) is 42.5 Å². The summed E-state index contributed by atoms with van der Waals surface area (Å²) < 4.78 is 0. The molecule has 1 N–H and O–H groups in total. The van der Waals surface area contributed by atoms with Crippen LogP contribution < -0.4 is 10.2 Å². The molecular formula is C19H21Cl2N3O. The SMILES string of the molecule is CN(C)C(=O)c1ccc(N2CCNC[C@H]2c2ccc(Cl)cc2)c(Cl)c1. The van der Waals surface area contributed by atoms with E-state index in [1.165, 1.54) is 5.56 Å². The van der Waals surface area contributed by atoms with E-state index < -0.39 is 0 Å². The lowest BCUT2D eigenvalue weighted by molar-refractivity contribution is 0.0827. The van der Waals surface area contributed by atoms with E-state index in [2.05, 4.69) is 10.2 Å². The summed E-state index contributed by atoms with van der Waals surface area (Å²) in [5.74, 6) is -0.0528. The third-order valence-electron chi connectivity index (χ3n) is 4.41. The van der Waals surface area contributed by atoms with Gasteiger partial charge in [0.25, 0.3) is 5.91 Å². The van der Waals surface area contributed by atoms with Crippen molar-refractivity contribution in [2.75, 3.05) is 38.6 Å². The maximum absolute atomic E-state index is 12.1. The van der Waals surface area contributed by atoms with Gasteiger partial charge in [0, 0.05) is 44.3 Å². The molecule has 0 saturated carbocycles. The van der Waals surface area contributed by atoms with Crippen LogP contribution in [0.5, 0.6) is 0 Å². The molecule has 1 aliphatic heterocycles. The number of carbonyl (C=O) groups is 1. The van der Waals surface area contributed by atoms with E-state index in [9.17, 15) is 4.79 Å². The highest BCUT2D eigenvalue weighted by Crippen LogP contribution is 2.34. The second-order valence-electron chi connectivity index (χ2n) is 6.33. The highest BCUT2D eigenvalue weighted by molar-refractivity contribution is 6.33. The third-order valence-corrected chi connectivity index (χ3v) is 4.96. The summed E-state index contributed by atoms with van der Waals surface area (Å²) >= 11 is 12.6. The van der Waals surface area contributed by atoms with Gasteiger partial charge in [-0.3, -0.25) is 4.79 Å². The highest BCUT2D eigenvalue weighted by Gasteiger charge is 2.26. The van der Waals surface area contributed by atoms with Gasteiger partial charge >= 0.3 is 0 Å². The lowest BCUT2D eigenvalue weighted by Gasteiger charge is -2.39. The fraction of sp³-hybridized carbons (Fsp3) is 0.316. The molecule has 4 nitrogen and oxygen atoms in total. The molecule has 1 aliphatic rings. The van der Waals surface area contributed by atoms with Gasteiger partial charge in [-0.25, -0.2) is 0 Å². The van der Waals surface area contributed by atoms with Crippen molar-refractivity contribution in [1.29, 1.82) is 0 Å². The molecule has 0 aliphatic carbocycles. The van der Waals surface area contributed by atoms with Crippen LogP contribution in [0.4, 0.5) is 5.69 Å². The number of nitrogens with one attached hydrogen (secondary N) is 1. The molecule has 1 atom stereocenters. The van der Waals surface area contributed by atoms with Crippen molar-refractivity contribution in [3.05, 3.63) is 63.6 Å². The number of piperazine rings is 1. The largest absolute Gasteiger partial charge is 0.361 e. The molecule has 25 heavy (non-hydrogen) atoms. The Morgan fingerprint density at radius 2 is 1.88 bits per heavy atom. The first kappa shape index (κ1) is 18.1. The van der Waals surface area contributed by atoms with Gasteiger partial charge in [-0.1, -0.05) is 35.3 Å². The van der Waals surface area contributed by atoms with Crippen molar-refractivity contribution in [2.45, 2.75) is 6.04 Å². The van der Waals surface area contributed by atoms with Crippen LogP contribution in [-0.4, -0.2) is 44.5 Å². The number of amides is 1. The second-order valence-corrected chi connectivity index (χ2v) is 7.17. The number of hydrogen-bond donors (Lipinski definition) is 1. The van der Waals surface area contributed by atoms with E-state index in [0.29, 0.717) is 10.6 Å². The topological polar surface area (TPSA) is 35.6 Å². The Morgan fingerprint density at radius 3 is 2.52 bits per heavy atom. The molecule has 1 saturated heterocycles. The minimum absolute atomic E-state index is 0.0528. The number of halogens is 2. The van der Waals surface area contributed by atoms with Crippen molar-refractivity contribution >= 4 is 34.8 Å². The Bertz CT molecular complexity index is 762. The Balaban J connectivity index is 1.92. The molecule has 3 rings (SSSR count). The fourth-order valence-electron chi connectivity index (χ4n) is 3.11. The monoisotopic (exact) mass is 377 g/mol. The second kappa shape index (κ2) is 7.65. The van der Waals surface area contributed by atoms with E-state index in [1.807, 2.05) is 36.4 Å². The molecule has 0 aromatic heterocycles. The molecule has 0 unspecified atom stereocenters. The van der Waals surface area contributed by atoms with E-state index >= 15 is 0 Å². The average Bonchev–Trinajstić information content (AvgIpc) is 2.61. The Kier molecular flexibility index (Phi) is 5.52. The smallest absolute Gasteiger partial charge is 0.253 e. The number of carbonyl (C=O) groups excluding carboxylic acids is 1. The Labute approximate surface area is 158 Å². The van der Waals surface area contributed by atoms with Gasteiger partial charge < -0.3 is 15.1 Å². The van der Waals surface area contributed by atoms with Crippen molar-refractivity contribution < 1.29 is 4.79 Å². The number of rotatable bonds is 3. The van der Waals surface area contributed by atoms with Crippen LogP contribution in [0.25, 0.3) is 0 Å². The number of hydrogen-bond acceptors (Lipinski definition) is 3. The van der Waals surface area contributed by atoms with Crippen LogP contribution in [0.3, 0.4) is 0 Å². The van der Waals surface area contributed by atoms with Gasteiger partial charge in [0.05, 0.1) is 16.8 Å². The number of nitrogens with zero attached hydrogens (tertiary/aromatic N) is 2. The van der Waals surface area contributed by atoms with Crippen molar-refractivity contribution in [1.82, 2.24) is 10.2 Å². The summed E-state index contributed by atoms with van der Waals surface area (Å²) in [4.78, 5) is 16.0. The molecule has 6 heteroatoms. The normalized spacial score (nSPS) is 17.4. The van der Waals surface area contributed by atoms with Gasteiger partial charge in [0.15, 0.2) is 0 Å². The average molecular weight is 378 g/mol. The molecule has 2 aromatic carbocycles.